The molecule has 0 fully saturated rings. The van der Waals surface area contributed by atoms with Gasteiger partial charge in [-0.05, 0) is 42.3 Å². The Morgan fingerprint density at radius 2 is 1.94 bits per heavy atom. The Morgan fingerprint density at radius 1 is 1.28 bits per heavy atom. The normalized spacial score (nSPS) is 10.4. The molecule has 10 heteroatoms. The van der Waals surface area contributed by atoms with Crippen molar-refractivity contribution in [3.63, 3.8) is 0 Å². The molecule has 0 saturated heterocycles. The highest BCUT2D eigenvalue weighted by atomic mass is 35.5. The lowest BCUT2D eigenvalue weighted by Gasteiger charge is -2.16. The standard InChI is InChI=1S/C22H16ClN3O6/c1-12-16(10-24)21(28)25(11-13-3-6-15(32-2)7-4-13)22(29)19(12)20(27)14-5-8-17(23)18(9-14)26(30)31/h3-9,29H,11H2,1-2H3. The molecule has 0 spiro atoms. The molecule has 0 amide bonds. The summed E-state index contributed by atoms with van der Waals surface area (Å²) in [5.74, 6) is -0.850. The number of aromatic nitrogens is 1. The van der Waals surface area contributed by atoms with Crippen molar-refractivity contribution in [1.29, 1.82) is 5.26 Å². The highest BCUT2D eigenvalue weighted by Crippen LogP contribution is 2.30. The third-order valence-electron chi connectivity index (χ3n) is 4.93. The van der Waals surface area contributed by atoms with Crippen LogP contribution in [0.4, 0.5) is 5.69 Å². The molecule has 0 saturated carbocycles. The van der Waals surface area contributed by atoms with Gasteiger partial charge >= 0.3 is 0 Å². The smallest absolute Gasteiger partial charge is 0.288 e. The van der Waals surface area contributed by atoms with Crippen LogP contribution in [0.25, 0.3) is 0 Å². The summed E-state index contributed by atoms with van der Waals surface area (Å²) >= 11 is 5.81. The maximum atomic E-state index is 13.2. The number of carbonyl (C=O) groups excluding carboxylic acids is 1. The molecule has 0 atom stereocenters. The number of nitriles is 1. The van der Waals surface area contributed by atoms with Crippen molar-refractivity contribution in [2.75, 3.05) is 7.11 Å². The zero-order chi connectivity index (χ0) is 23.6. The van der Waals surface area contributed by atoms with E-state index < -0.39 is 27.8 Å². The predicted octanol–water partition coefficient (Wildman–Crippen LogP) is 3.58. The Bertz CT molecular complexity index is 1340. The number of nitrogens with zero attached hydrogens (tertiary/aromatic N) is 3. The van der Waals surface area contributed by atoms with Crippen LogP contribution in [0.15, 0.2) is 47.3 Å². The fraction of sp³-hybridized carbons (Fsp3) is 0.136. The number of benzene rings is 2. The minimum absolute atomic E-state index is 0.0245. The minimum Gasteiger partial charge on any atom is -0.497 e. The molecule has 0 aliphatic heterocycles. The van der Waals surface area contributed by atoms with Gasteiger partial charge in [-0.15, -0.1) is 0 Å². The van der Waals surface area contributed by atoms with Gasteiger partial charge in [0.15, 0.2) is 5.78 Å². The van der Waals surface area contributed by atoms with Crippen molar-refractivity contribution in [2.45, 2.75) is 13.5 Å². The van der Waals surface area contributed by atoms with Crippen molar-refractivity contribution >= 4 is 23.1 Å². The van der Waals surface area contributed by atoms with Gasteiger partial charge in [-0.3, -0.25) is 24.3 Å². The van der Waals surface area contributed by atoms with E-state index in [2.05, 4.69) is 0 Å². The first kappa shape index (κ1) is 22.5. The van der Waals surface area contributed by atoms with E-state index in [0.717, 1.165) is 10.6 Å². The Labute approximate surface area is 186 Å². The summed E-state index contributed by atoms with van der Waals surface area (Å²) in [4.78, 5) is 36.4. The lowest BCUT2D eigenvalue weighted by atomic mass is 9.96. The number of ketones is 1. The van der Waals surface area contributed by atoms with E-state index in [1.54, 1.807) is 30.3 Å². The summed E-state index contributed by atoms with van der Waals surface area (Å²) in [7, 11) is 1.50. The molecule has 1 aromatic heterocycles. The second-order valence-electron chi connectivity index (χ2n) is 6.80. The number of pyridine rings is 1. The van der Waals surface area contributed by atoms with E-state index in [9.17, 15) is 30.1 Å². The number of methoxy groups -OCH3 is 1. The van der Waals surface area contributed by atoms with Gasteiger partial charge in [-0.1, -0.05) is 23.7 Å². The third-order valence-corrected chi connectivity index (χ3v) is 5.25. The summed E-state index contributed by atoms with van der Waals surface area (Å²) in [5.41, 5.74) is -1.41. The molecule has 162 valence electrons. The number of carbonyl (C=O) groups is 1. The third kappa shape index (κ3) is 4.04. The molecule has 0 aliphatic rings. The Kier molecular flexibility index (Phi) is 6.27. The van der Waals surface area contributed by atoms with Crippen molar-refractivity contribution in [2.24, 2.45) is 0 Å². The SMILES string of the molecule is COc1ccc(Cn2c(O)c(C(=O)c3ccc(Cl)c([N+](=O)[O-])c3)c(C)c(C#N)c2=O)cc1. The maximum absolute atomic E-state index is 13.2. The maximum Gasteiger partial charge on any atom is 0.288 e. The quantitative estimate of drug-likeness (QED) is 0.342. The molecule has 32 heavy (non-hydrogen) atoms. The first-order valence-corrected chi connectivity index (χ1v) is 9.55. The number of rotatable bonds is 6. The Balaban J connectivity index is 2.18. The van der Waals surface area contributed by atoms with Crippen LogP contribution >= 0.6 is 11.6 Å². The van der Waals surface area contributed by atoms with Gasteiger partial charge < -0.3 is 9.84 Å². The van der Waals surface area contributed by atoms with Gasteiger partial charge in [0, 0.05) is 11.6 Å². The number of nitro groups is 1. The topological polar surface area (TPSA) is 135 Å². The van der Waals surface area contributed by atoms with Crippen LogP contribution in [0.1, 0.15) is 32.6 Å². The van der Waals surface area contributed by atoms with Crippen molar-refractivity contribution < 1.29 is 19.6 Å². The zero-order valence-electron chi connectivity index (χ0n) is 17.0. The van der Waals surface area contributed by atoms with Gasteiger partial charge in [-0.2, -0.15) is 5.26 Å². The molecule has 0 unspecified atom stereocenters. The second kappa shape index (κ2) is 8.91. The second-order valence-corrected chi connectivity index (χ2v) is 7.21. The molecule has 0 aliphatic carbocycles. The van der Waals surface area contributed by atoms with Crippen LogP contribution in [0.5, 0.6) is 11.6 Å². The average Bonchev–Trinajstić information content (AvgIpc) is 2.77. The van der Waals surface area contributed by atoms with E-state index in [0.29, 0.717) is 11.3 Å². The monoisotopic (exact) mass is 453 g/mol. The fourth-order valence-corrected chi connectivity index (χ4v) is 3.41. The minimum atomic E-state index is -0.792. The van der Waals surface area contributed by atoms with Gasteiger partial charge in [0.25, 0.3) is 11.2 Å². The summed E-state index contributed by atoms with van der Waals surface area (Å²) in [6.45, 7) is 1.24. The molecular formula is C22H16ClN3O6. The van der Waals surface area contributed by atoms with Crippen LogP contribution < -0.4 is 10.3 Å². The highest BCUT2D eigenvalue weighted by Gasteiger charge is 2.26. The van der Waals surface area contributed by atoms with E-state index in [-0.39, 0.29) is 33.8 Å². The van der Waals surface area contributed by atoms with E-state index in [1.165, 1.54) is 26.2 Å². The summed E-state index contributed by atoms with van der Waals surface area (Å²) < 4.78 is 6.00. The summed E-state index contributed by atoms with van der Waals surface area (Å²) in [6.07, 6.45) is 0. The molecular weight excluding hydrogens is 438 g/mol. The first-order valence-electron chi connectivity index (χ1n) is 9.17. The fourth-order valence-electron chi connectivity index (χ4n) is 3.22. The molecule has 1 N–H and O–H groups in total. The molecule has 9 nitrogen and oxygen atoms in total. The summed E-state index contributed by atoms with van der Waals surface area (Å²) in [5, 5.41) is 31.4. The Hall–Kier alpha value is -4.16. The van der Waals surface area contributed by atoms with Gasteiger partial charge in [0.2, 0.25) is 5.88 Å². The number of nitro benzene ring substituents is 1. The largest absolute Gasteiger partial charge is 0.497 e. The van der Waals surface area contributed by atoms with Gasteiger partial charge in [0.1, 0.15) is 22.4 Å². The number of ether oxygens (including phenoxy) is 1. The Morgan fingerprint density at radius 3 is 2.50 bits per heavy atom. The number of hydrogen-bond acceptors (Lipinski definition) is 7. The lowest BCUT2D eigenvalue weighted by molar-refractivity contribution is -0.384. The van der Waals surface area contributed by atoms with Crippen molar-refractivity contribution in [3.8, 4) is 17.7 Å². The summed E-state index contributed by atoms with van der Waals surface area (Å²) in [6, 6.07) is 11.9. The van der Waals surface area contributed by atoms with Crippen LogP contribution in [0.2, 0.25) is 5.02 Å². The first-order chi connectivity index (χ1) is 15.2. The van der Waals surface area contributed by atoms with Crippen molar-refractivity contribution in [1.82, 2.24) is 4.57 Å². The number of aromatic hydroxyl groups is 1. The molecule has 2 aromatic carbocycles. The van der Waals surface area contributed by atoms with Crippen LogP contribution in [0, 0.1) is 28.4 Å². The molecule has 3 rings (SSSR count). The van der Waals surface area contributed by atoms with Crippen LogP contribution in [-0.2, 0) is 6.54 Å². The number of hydrogen-bond donors (Lipinski definition) is 1. The molecule has 3 aromatic rings. The lowest BCUT2D eigenvalue weighted by Crippen LogP contribution is -2.27. The van der Waals surface area contributed by atoms with Gasteiger partial charge in [0.05, 0.1) is 24.1 Å². The van der Waals surface area contributed by atoms with E-state index in [4.69, 9.17) is 16.3 Å². The van der Waals surface area contributed by atoms with E-state index >= 15 is 0 Å². The zero-order valence-corrected chi connectivity index (χ0v) is 17.7. The predicted molar refractivity (Wildman–Crippen MR) is 115 cm³/mol. The molecule has 1 heterocycles. The molecule has 0 radical (unpaired) electrons. The van der Waals surface area contributed by atoms with Gasteiger partial charge in [-0.25, -0.2) is 0 Å². The van der Waals surface area contributed by atoms with E-state index in [1.807, 2.05) is 0 Å². The van der Waals surface area contributed by atoms with Crippen LogP contribution in [-0.4, -0.2) is 27.5 Å². The molecule has 0 bridgehead atoms. The van der Waals surface area contributed by atoms with Crippen LogP contribution in [0.3, 0.4) is 0 Å². The van der Waals surface area contributed by atoms with Crippen molar-refractivity contribution in [3.05, 3.63) is 95.8 Å². The highest BCUT2D eigenvalue weighted by molar-refractivity contribution is 6.32. The number of halogens is 1. The average molecular weight is 454 g/mol.